The van der Waals surface area contributed by atoms with Gasteiger partial charge in [-0.3, -0.25) is 9.78 Å². The van der Waals surface area contributed by atoms with Crippen LogP contribution in [0.1, 0.15) is 37.0 Å². The van der Waals surface area contributed by atoms with E-state index in [1.807, 2.05) is 50.4 Å². The first kappa shape index (κ1) is 18.2. The number of aromatic nitrogens is 1. The number of ether oxygens (including phenoxy) is 1. The van der Waals surface area contributed by atoms with E-state index in [4.69, 9.17) is 4.74 Å². The smallest absolute Gasteiger partial charge is 0.251 e. The van der Waals surface area contributed by atoms with Gasteiger partial charge in [0.2, 0.25) is 0 Å². The van der Waals surface area contributed by atoms with Gasteiger partial charge in [-0.2, -0.15) is 0 Å². The first-order valence-electron chi connectivity index (χ1n) is 9.31. The fourth-order valence-corrected chi connectivity index (χ4v) is 3.23. The van der Waals surface area contributed by atoms with Gasteiger partial charge in [0.15, 0.2) is 0 Å². The zero-order valence-corrected chi connectivity index (χ0v) is 15.5. The lowest BCUT2D eigenvalue weighted by Crippen LogP contribution is -2.38. The van der Waals surface area contributed by atoms with E-state index in [2.05, 4.69) is 21.3 Å². The highest BCUT2D eigenvalue weighted by molar-refractivity contribution is 5.94. The van der Waals surface area contributed by atoms with Crippen molar-refractivity contribution in [2.24, 2.45) is 5.92 Å². The fraction of sp³-hybridized carbons (Fsp3) is 0.429. The van der Waals surface area contributed by atoms with Gasteiger partial charge in [0, 0.05) is 31.4 Å². The number of rotatable bonds is 6. The van der Waals surface area contributed by atoms with Gasteiger partial charge in [0.05, 0.1) is 18.0 Å². The Morgan fingerprint density at radius 3 is 2.58 bits per heavy atom. The summed E-state index contributed by atoms with van der Waals surface area (Å²) in [6.07, 6.45) is 6.00. The lowest BCUT2D eigenvalue weighted by Gasteiger charge is -2.33. The van der Waals surface area contributed by atoms with Crippen LogP contribution in [0.25, 0.3) is 0 Å². The Morgan fingerprint density at radius 2 is 1.96 bits per heavy atom. The number of anilines is 1. The van der Waals surface area contributed by atoms with Crippen molar-refractivity contribution in [3.8, 4) is 5.75 Å². The number of nitrogens with one attached hydrogen (secondary N) is 1. The van der Waals surface area contributed by atoms with Crippen molar-refractivity contribution in [3.05, 3.63) is 54.4 Å². The molecule has 1 N–H and O–H groups in total. The molecule has 0 atom stereocenters. The van der Waals surface area contributed by atoms with Crippen LogP contribution in [0.2, 0.25) is 0 Å². The summed E-state index contributed by atoms with van der Waals surface area (Å²) in [4.78, 5) is 18.9. The molecule has 0 unspecified atom stereocenters. The lowest BCUT2D eigenvalue weighted by molar-refractivity contribution is 0.0945. The van der Waals surface area contributed by atoms with Crippen LogP contribution >= 0.6 is 0 Å². The molecule has 1 aromatic carbocycles. The molecule has 2 heterocycles. The van der Waals surface area contributed by atoms with Crippen molar-refractivity contribution in [2.45, 2.75) is 32.8 Å². The molecule has 1 aromatic heterocycles. The van der Waals surface area contributed by atoms with Crippen molar-refractivity contribution in [1.29, 1.82) is 0 Å². The molecule has 5 nitrogen and oxygen atoms in total. The maximum absolute atomic E-state index is 12.3. The van der Waals surface area contributed by atoms with E-state index in [9.17, 15) is 4.79 Å². The molecule has 1 saturated heterocycles. The molecule has 3 rings (SSSR count). The summed E-state index contributed by atoms with van der Waals surface area (Å²) in [5.41, 5.74) is 1.85. The van der Waals surface area contributed by atoms with Crippen LogP contribution in [0.5, 0.6) is 5.75 Å². The topological polar surface area (TPSA) is 54.5 Å². The number of piperidine rings is 1. The van der Waals surface area contributed by atoms with Crippen LogP contribution in [-0.2, 0) is 0 Å². The van der Waals surface area contributed by atoms with Gasteiger partial charge < -0.3 is 15.0 Å². The van der Waals surface area contributed by atoms with Crippen LogP contribution < -0.4 is 15.0 Å². The third-order valence-electron chi connectivity index (χ3n) is 4.67. The maximum Gasteiger partial charge on any atom is 0.251 e. The molecule has 0 spiro atoms. The quantitative estimate of drug-likeness (QED) is 0.863. The number of hydrogen-bond acceptors (Lipinski definition) is 4. The molecule has 26 heavy (non-hydrogen) atoms. The number of pyridine rings is 1. The van der Waals surface area contributed by atoms with Crippen LogP contribution in [0.15, 0.2) is 48.8 Å². The van der Waals surface area contributed by atoms with E-state index < -0.39 is 0 Å². The van der Waals surface area contributed by atoms with Crippen molar-refractivity contribution >= 4 is 11.6 Å². The van der Waals surface area contributed by atoms with E-state index >= 15 is 0 Å². The predicted molar refractivity (Wildman–Crippen MR) is 104 cm³/mol. The molecule has 2 aromatic rings. The summed E-state index contributed by atoms with van der Waals surface area (Å²) in [6.45, 7) is 6.71. The molecule has 138 valence electrons. The standard InChI is InChI=1S/C21H27N3O2/c1-16(2)26-20-7-5-18(6-8-20)21(25)23-14-17-9-12-24(13-10-17)19-4-3-11-22-15-19/h3-8,11,15-17H,9-10,12-14H2,1-2H3,(H,23,25). The van der Waals surface area contributed by atoms with E-state index in [0.717, 1.165) is 38.2 Å². The molecule has 1 aliphatic heterocycles. The van der Waals surface area contributed by atoms with E-state index in [1.165, 1.54) is 5.69 Å². The SMILES string of the molecule is CC(C)Oc1ccc(C(=O)NCC2CCN(c3cccnc3)CC2)cc1. The average molecular weight is 353 g/mol. The van der Waals surface area contributed by atoms with Crippen LogP contribution in [0, 0.1) is 5.92 Å². The monoisotopic (exact) mass is 353 g/mol. The van der Waals surface area contributed by atoms with Gasteiger partial charge in [-0.05, 0) is 69.0 Å². The van der Waals surface area contributed by atoms with Gasteiger partial charge in [0.25, 0.3) is 5.91 Å². The average Bonchev–Trinajstić information content (AvgIpc) is 2.67. The van der Waals surface area contributed by atoms with Crippen LogP contribution in [0.4, 0.5) is 5.69 Å². The number of nitrogens with zero attached hydrogens (tertiary/aromatic N) is 2. The zero-order valence-electron chi connectivity index (χ0n) is 15.5. The van der Waals surface area contributed by atoms with Crippen molar-refractivity contribution < 1.29 is 9.53 Å². The van der Waals surface area contributed by atoms with E-state index in [1.54, 1.807) is 6.20 Å². The maximum atomic E-state index is 12.3. The number of benzene rings is 1. The van der Waals surface area contributed by atoms with Crippen molar-refractivity contribution in [3.63, 3.8) is 0 Å². The van der Waals surface area contributed by atoms with Gasteiger partial charge in [-0.25, -0.2) is 0 Å². The summed E-state index contributed by atoms with van der Waals surface area (Å²) in [5, 5.41) is 3.07. The minimum atomic E-state index is -0.0178. The second kappa shape index (κ2) is 8.70. The molecule has 0 radical (unpaired) electrons. The minimum Gasteiger partial charge on any atom is -0.491 e. The summed E-state index contributed by atoms with van der Waals surface area (Å²) < 4.78 is 5.61. The zero-order chi connectivity index (χ0) is 18.4. The number of amides is 1. The first-order valence-corrected chi connectivity index (χ1v) is 9.31. The van der Waals surface area contributed by atoms with Gasteiger partial charge in [-0.1, -0.05) is 0 Å². The van der Waals surface area contributed by atoms with Crippen molar-refractivity contribution in [1.82, 2.24) is 10.3 Å². The molecule has 1 aliphatic rings. The number of hydrogen-bond donors (Lipinski definition) is 1. The second-order valence-electron chi connectivity index (χ2n) is 7.04. The highest BCUT2D eigenvalue weighted by Gasteiger charge is 2.20. The Morgan fingerprint density at radius 1 is 1.23 bits per heavy atom. The molecule has 0 aliphatic carbocycles. The highest BCUT2D eigenvalue weighted by Crippen LogP contribution is 2.22. The van der Waals surface area contributed by atoms with Crippen LogP contribution in [0.3, 0.4) is 0 Å². The summed E-state index contributed by atoms with van der Waals surface area (Å²) in [5.74, 6) is 1.30. The minimum absolute atomic E-state index is 0.0178. The molecule has 0 bridgehead atoms. The lowest BCUT2D eigenvalue weighted by atomic mass is 9.96. The summed E-state index contributed by atoms with van der Waals surface area (Å²) >= 11 is 0. The Labute approximate surface area is 155 Å². The van der Waals surface area contributed by atoms with Gasteiger partial charge in [0.1, 0.15) is 5.75 Å². The summed E-state index contributed by atoms with van der Waals surface area (Å²) in [6, 6.07) is 11.4. The predicted octanol–water partition coefficient (Wildman–Crippen LogP) is 3.52. The third kappa shape index (κ3) is 4.97. The Kier molecular flexibility index (Phi) is 6.10. The molecular weight excluding hydrogens is 326 g/mol. The Balaban J connectivity index is 1.44. The van der Waals surface area contributed by atoms with Gasteiger partial charge in [-0.15, -0.1) is 0 Å². The molecule has 1 fully saturated rings. The van der Waals surface area contributed by atoms with E-state index in [-0.39, 0.29) is 12.0 Å². The van der Waals surface area contributed by atoms with Gasteiger partial charge >= 0.3 is 0 Å². The normalized spacial score (nSPS) is 15.1. The molecule has 1 amide bonds. The molecular formula is C21H27N3O2. The molecule has 0 saturated carbocycles. The summed E-state index contributed by atoms with van der Waals surface area (Å²) in [7, 11) is 0. The first-order chi connectivity index (χ1) is 12.6. The molecule has 5 heteroatoms. The van der Waals surface area contributed by atoms with Crippen LogP contribution in [-0.4, -0.2) is 36.6 Å². The van der Waals surface area contributed by atoms with E-state index in [0.29, 0.717) is 11.5 Å². The fourth-order valence-electron chi connectivity index (χ4n) is 3.23. The second-order valence-corrected chi connectivity index (χ2v) is 7.04. The Bertz CT molecular complexity index is 693. The third-order valence-corrected chi connectivity index (χ3v) is 4.67. The number of carbonyl (C=O) groups is 1. The van der Waals surface area contributed by atoms with Crippen molar-refractivity contribution in [2.75, 3.05) is 24.5 Å². The largest absolute Gasteiger partial charge is 0.491 e. The number of carbonyl (C=O) groups excluding carboxylic acids is 1. The highest BCUT2D eigenvalue weighted by atomic mass is 16.5. The Hall–Kier alpha value is -2.56.